The molecule has 2 rings (SSSR count). The van der Waals surface area contributed by atoms with E-state index in [1.165, 1.54) is 4.88 Å². The van der Waals surface area contributed by atoms with Crippen molar-refractivity contribution in [1.82, 2.24) is 10.3 Å². The molecule has 1 aliphatic heterocycles. The van der Waals surface area contributed by atoms with Crippen LogP contribution in [-0.4, -0.2) is 30.2 Å². The largest absolute Gasteiger partial charge is 0.376 e. The smallest absolute Gasteiger partial charge is 0.189 e. The first-order chi connectivity index (χ1) is 8.24. The Morgan fingerprint density at radius 2 is 2.65 bits per heavy atom. The van der Waals surface area contributed by atoms with Crippen LogP contribution in [0.5, 0.6) is 0 Å². The summed E-state index contributed by atoms with van der Waals surface area (Å²) in [7, 11) is 0. The fraction of sp³-hybridized carbons (Fsp3) is 0.636. The highest BCUT2D eigenvalue weighted by atomic mass is 32.1. The predicted octanol–water partition coefficient (Wildman–Crippen LogP) is 1.03. The number of aliphatic imine (C=N–C) groups is 1. The molecule has 2 heterocycles. The highest BCUT2D eigenvalue weighted by Crippen LogP contribution is 2.12. The molecule has 1 aliphatic rings. The SMILES string of the molecule is Cc1cnc(CN=C(N)NCC2CCCO2)s1. The van der Waals surface area contributed by atoms with Crippen molar-refractivity contribution in [3.05, 3.63) is 16.1 Å². The number of nitrogens with one attached hydrogen (secondary N) is 1. The summed E-state index contributed by atoms with van der Waals surface area (Å²) in [5.74, 6) is 0.466. The standard InChI is InChI=1S/C11H18N4OS/c1-8-5-13-10(17-8)7-15-11(12)14-6-9-3-2-4-16-9/h5,9H,2-4,6-7H2,1H3,(H3,12,14,15). The molecule has 1 aromatic rings. The molecule has 17 heavy (non-hydrogen) atoms. The molecule has 1 unspecified atom stereocenters. The minimum Gasteiger partial charge on any atom is -0.376 e. The number of guanidine groups is 1. The van der Waals surface area contributed by atoms with Crippen molar-refractivity contribution in [3.8, 4) is 0 Å². The van der Waals surface area contributed by atoms with Crippen LogP contribution < -0.4 is 11.1 Å². The molecule has 0 spiro atoms. The molecule has 0 bridgehead atoms. The molecular weight excluding hydrogens is 236 g/mol. The van der Waals surface area contributed by atoms with Gasteiger partial charge in [0.05, 0.1) is 12.6 Å². The Labute approximate surface area is 105 Å². The van der Waals surface area contributed by atoms with Crippen LogP contribution in [0.1, 0.15) is 22.7 Å². The van der Waals surface area contributed by atoms with Gasteiger partial charge in [0.2, 0.25) is 0 Å². The van der Waals surface area contributed by atoms with Crippen LogP contribution in [0.4, 0.5) is 0 Å². The summed E-state index contributed by atoms with van der Waals surface area (Å²) < 4.78 is 5.49. The zero-order chi connectivity index (χ0) is 12.1. The van der Waals surface area contributed by atoms with Gasteiger partial charge >= 0.3 is 0 Å². The molecule has 94 valence electrons. The van der Waals surface area contributed by atoms with Gasteiger partial charge in [-0.15, -0.1) is 11.3 Å². The third kappa shape index (κ3) is 3.98. The number of aromatic nitrogens is 1. The van der Waals surface area contributed by atoms with E-state index in [0.29, 0.717) is 12.5 Å². The lowest BCUT2D eigenvalue weighted by Crippen LogP contribution is -2.37. The second-order valence-corrected chi connectivity index (χ2v) is 5.40. The third-order valence-electron chi connectivity index (χ3n) is 2.59. The van der Waals surface area contributed by atoms with Crippen LogP contribution in [-0.2, 0) is 11.3 Å². The Hall–Kier alpha value is -1.14. The number of hydrogen-bond donors (Lipinski definition) is 2. The van der Waals surface area contributed by atoms with E-state index in [1.807, 2.05) is 13.1 Å². The molecule has 0 saturated carbocycles. The topological polar surface area (TPSA) is 72.5 Å². The van der Waals surface area contributed by atoms with Crippen LogP contribution in [0.25, 0.3) is 0 Å². The van der Waals surface area contributed by atoms with E-state index < -0.39 is 0 Å². The molecule has 6 heteroatoms. The number of ether oxygens (including phenoxy) is 1. The van der Waals surface area contributed by atoms with Crippen molar-refractivity contribution in [2.75, 3.05) is 13.2 Å². The molecule has 0 aliphatic carbocycles. The first kappa shape index (κ1) is 12.3. The first-order valence-corrected chi connectivity index (χ1v) is 6.62. The fourth-order valence-corrected chi connectivity index (χ4v) is 2.42. The minimum absolute atomic E-state index is 0.283. The van der Waals surface area contributed by atoms with E-state index in [1.54, 1.807) is 11.3 Å². The van der Waals surface area contributed by atoms with Gasteiger partial charge < -0.3 is 15.8 Å². The highest BCUT2D eigenvalue weighted by molar-refractivity contribution is 7.11. The lowest BCUT2D eigenvalue weighted by molar-refractivity contribution is 0.114. The van der Waals surface area contributed by atoms with Gasteiger partial charge in [-0.2, -0.15) is 0 Å². The number of nitrogens with two attached hydrogens (primary N) is 1. The van der Waals surface area contributed by atoms with Crippen LogP contribution >= 0.6 is 11.3 Å². The van der Waals surface area contributed by atoms with Gasteiger partial charge in [0.1, 0.15) is 5.01 Å². The van der Waals surface area contributed by atoms with Crippen molar-refractivity contribution in [2.24, 2.45) is 10.7 Å². The maximum Gasteiger partial charge on any atom is 0.189 e. The molecule has 3 N–H and O–H groups in total. The monoisotopic (exact) mass is 254 g/mol. The Kier molecular flexibility index (Phi) is 4.33. The van der Waals surface area contributed by atoms with Crippen LogP contribution in [0.3, 0.4) is 0 Å². The molecule has 5 nitrogen and oxygen atoms in total. The van der Waals surface area contributed by atoms with Crippen molar-refractivity contribution in [2.45, 2.75) is 32.4 Å². The van der Waals surface area contributed by atoms with Crippen LogP contribution in [0.2, 0.25) is 0 Å². The summed E-state index contributed by atoms with van der Waals surface area (Å²) in [6.45, 7) is 4.18. The molecule has 1 saturated heterocycles. The lowest BCUT2D eigenvalue weighted by atomic mass is 10.2. The van der Waals surface area contributed by atoms with E-state index in [0.717, 1.165) is 31.0 Å². The Morgan fingerprint density at radius 3 is 3.29 bits per heavy atom. The second kappa shape index (κ2) is 5.97. The molecule has 1 fully saturated rings. The van der Waals surface area contributed by atoms with E-state index in [9.17, 15) is 0 Å². The molecule has 0 aromatic carbocycles. The van der Waals surface area contributed by atoms with Gasteiger partial charge in [-0.25, -0.2) is 9.98 Å². The average molecular weight is 254 g/mol. The van der Waals surface area contributed by atoms with Gasteiger partial charge in [-0.05, 0) is 19.8 Å². The minimum atomic E-state index is 0.283. The van der Waals surface area contributed by atoms with E-state index >= 15 is 0 Å². The fourth-order valence-electron chi connectivity index (χ4n) is 1.71. The lowest BCUT2D eigenvalue weighted by Gasteiger charge is -2.10. The molecular formula is C11H18N4OS. The Balaban J connectivity index is 1.73. The third-order valence-corrected chi connectivity index (χ3v) is 3.49. The maximum atomic E-state index is 5.77. The average Bonchev–Trinajstić information content (AvgIpc) is 2.95. The molecule has 1 aromatic heterocycles. The number of aryl methyl sites for hydroxylation is 1. The first-order valence-electron chi connectivity index (χ1n) is 5.81. The summed E-state index contributed by atoms with van der Waals surface area (Å²) in [5, 5.41) is 4.07. The number of rotatable bonds is 4. The van der Waals surface area contributed by atoms with Gasteiger partial charge in [-0.1, -0.05) is 0 Å². The number of nitrogens with zero attached hydrogens (tertiary/aromatic N) is 2. The predicted molar refractivity (Wildman–Crippen MR) is 69.2 cm³/mol. The summed E-state index contributed by atoms with van der Waals surface area (Å²) in [4.78, 5) is 9.67. The Bertz CT molecular complexity index is 385. The van der Waals surface area contributed by atoms with E-state index in [-0.39, 0.29) is 6.10 Å². The zero-order valence-corrected chi connectivity index (χ0v) is 10.8. The van der Waals surface area contributed by atoms with Crippen LogP contribution in [0.15, 0.2) is 11.2 Å². The van der Waals surface area contributed by atoms with Gasteiger partial charge in [0.25, 0.3) is 0 Å². The van der Waals surface area contributed by atoms with E-state index in [4.69, 9.17) is 10.5 Å². The van der Waals surface area contributed by atoms with Crippen molar-refractivity contribution in [3.63, 3.8) is 0 Å². The van der Waals surface area contributed by atoms with Gasteiger partial charge in [0.15, 0.2) is 5.96 Å². The maximum absolute atomic E-state index is 5.77. The highest BCUT2D eigenvalue weighted by Gasteiger charge is 2.14. The van der Waals surface area contributed by atoms with E-state index in [2.05, 4.69) is 15.3 Å². The number of thiazole rings is 1. The summed E-state index contributed by atoms with van der Waals surface area (Å²) >= 11 is 1.65. The normalized spacial score (nSPS) is 20.8. The van der Waals surface area contributed by atoms with Crippen LogP contribution in [0, 0.1) is 6.92 Å². The molecule has 0 amide bonds. The summed E-state index contributed by atoms with van der Waals surface area (Å²) in [5.41, 5.74) is 5.77. The second-order valence-electron chi connectivity index (χ2n) is 4.08. The zero-order valence-electron chi connectivity index (χ0n) is 9.98. The van der Waals surface area contributed by atoms with Gasteiger partial charge in [0, 0.05) is 24.2 Å². The summed E-state index contributed by atoms with van der Waals surface area (Å²) in [6.07, 6.45) is 4.38. The molecule has 0 radical (unpaired) electrons. The van der Waals surface area contributed by atoms with Crippen molar-refractivity contribution in [1.29, 1.82) is 0 Å². The quantitative estimate of drug-likeness (QED) is 0.622. The molecule has 1 atom stereocenters. The summed E-state index contributed by atoms with van der Waals surface area (Å²) in [6, 6.07) is 0. The van der Waals surface area contributed by atoms with Gasteiger partial charge in [-0.3, -0.25) is 0 Å². The number of hydrogen-bond acceptors (Lipinski definition) is 4. The Morgan fingerprint density at radius 1 is 1.76 bits per heavy atom. The van der Waals surface area contributed by atoms with Crippen molar-refractivity contribution < 1.29 is 4.74 Å². The van der Waals surface area contributed by atoms with Crippen molar-refractivity contribution >= 4 is 17.3 Å².